The average molecular weight is 552 g/mol. The Morgan fingerprint density at radius 3 is 2.71 bits per heavy atom. The number of nitrogens with one attached hydrogen (secondary N) is 2. The molecule has 1 saturated heterocycles. The Morgan fingerprint density at radius 2 is 1.97 bits per heavy atom. The zero-order chi connectivity index (χ0) is 26.7. The van der Waals surface area contributed by atoms with Crippen LogP contribution >= 0.6 is 11.3 Å². The molecule has 2 aromatic heterocycles. The van der Waals surface area contributed by atoms with Gasteiger partial charge in [0, 0.05) is 16.6 Å². The summed E-state index contributed by atoms with van der Waals surface area (Å²) in [4.78, 5) is 18.0. The molecule has 1 aliphatic heterocycles. The molecule has 5 rings (SSSR count). The number of benzene rings is 2. The summed E-state index contributed by atoms with van der Waals surface area (Å²) in [5.74, 6) is 0.0366. The average Bonchev–Trinajstić information content (AvgIpc) is 3.67. The molecule has 38 heavy (non-hydrogen) atoms. The van der Waals surface area contributed by atoms with E-state index in [1.165, 1.54) is 0 Å². The number of aromatic nitrogens is 2. The maximum atomic E-state index is 13.5. The monoisotopic (exact) mass is 551 g/mol. The normalized spacial score (nSPS) is 15.3. The molecule has 1 unspecified atom stereocenters. The van der Waals surface area contributed by atoms with E-state index < -0.39 is 9.84 Å². The lowest BCUT2D eigenvalue weighted by molar-refractivity contribution is -0.121. The number of thiophene rings is 1. The second kappa shape index (κ2) is 11.4. The minimum atomic E-state index is -3.41. The van der Waals surface area contributed by atoms with Crippen LogP contribution in [0.15, 0.2) is 64.2 Å². The molecule has 0 radical (unpaired) electrons. The van der Waals surface area contributed by atoms with E-state index >= 15 is 0 Å². The molecule has 1 atom stereocenters. The largest absolute Gasteiger partial charge is 0.324 e. The first-order valence-corrected chi connectivity index (χ1v) is 15.4. The minimum absolute atomic E-state index is 0.0551. The van der Waals surface area contributed by atoms with Crippen molar-refractivity contribution < 1.29 is 13.2 Å². The highest BCUT2D eigenvalue weighted by Gasteiger charge is 2.30. The van der Waals surface area contributed by atoms with Crippen LogP contribution in [0, 0.1) is 0 Å². The lowest BCUT2D eigenvalue weighted by atomic mass is 10.1. The van der Waals surface area contributed by atoms with Crippen LogP contribution in [0.1, 0.15) is 30.9 Å². The van der Waals surface area contributed by atoms with Crippen molar-refractivity contribution in [3.8, 4) is 11.3 Å². The Balaban J connectivity index is 1.40. The van der Waals surface area contributed by atoms with E-state index in [1.54, 1.807) is 29.5 Å². The van der Waals surface area contributed by atoms with Crippen LogP contribution in [0.3, 0.4) is 0 Å². The van der Waals surface area contributed by atoms with Gasteiger partial charge in [-0.2, -0.15) is 16.4 Å². The van der Waals surface area contributed by atoms with Crippen LogP contribution in [0.5, 0.6) is 0 Å². The van der Waals surface area contributed by atoms with Crippen molar-refractivity contribution >= 4 is 43.7 Å². The maximum absolute atomic E-state index is 13.5. The van der Waals surface area contributed by atoms with Gasteiger partial charge in [-0.1, -0.05) is 12.1 Å². The Hall–Kier alpha value is -3.05. The summed E-state index contributed by atoms with van der Waals surface area (Å²) in [5, 5.41) is 15.5. The van der Waals surface area contributed by atoms with Crippen molar-refractivity contribution in [2.75, 3.05) is 44.8 Å². The van der Waals surface area contributed by atoms with Crippen LogP contribution in [-0.4, -0.2) is 73.8 Å². The number of hydrogen-bond acceptors (Lipinski definition) is 7. The number of hydrogen-bond donors (Lipinski definition) is 2. The predicted molar refractivity (Wildman–Crippen MR) is 153 cm³/mol. The molecule has 0 bridgehead atoms. The standard InChI is InChI=1S/C28H33N5O3S2/c1-32(2)12-6-16-38(35,36)23-8-5-7-20(17-23)26-24-18-22(9-10-25(24)30-31-26)29-28(34)27(21-11-15-37-19-21)33-13-3-4-14-33/h5,7-11,15,17-19,27H,3-4,6,12-14,16H2,1-2H3,(H,29,34)(H,30,31). The molecule has 10 heteroatoms. The summed E-state index contributed by atoms with van der Waals surface area (Å²) >= 11 is 1.60. The molecule has 3 heterocycles. The molecule has 1 aliphatic rings. The smallest absolute Gasteiger partial charge is 0.246 e. The molecule has 8 nitrogen and oxygen atoms in total. The van der Waals surface area contributed by atoms with Crippen molar-refractivity contribution in [1.29, 1.82) is 0 Å². The molecule has 2 aromatic carbocycles. The number of anilines is 1. The first kappa shape index (κ1) is 26.6. The number of carbonyl (C=O) groups is 1. The number of amides is 1. The van der Waals surface area contributed by atoms with Crippen LogP contribution in [-0.2, 0) is 14.6 Å². The number of sulfone groups is 1. The van der Waals surface area contributed by atoms with E-state index in [0.717, 1.165) is 42.4 Å². The highest BCUT2D eigenvalue weighted by molar-refractivity contribution is 7.91. The van der Waals surface area contributed by atoms with Gasteiger partial charge in [0.15, 0.2) is 9.84 Å². The van der Waals surface area contributed by atoms with E-state index in [1.807, 2.05) is 60.1 Å². The number of carbonyl (C=O) groups excluding carboxylic acids is 1. The molecule has 0 spiro atoms. The van der Waals surface area contributed by atoms with E-state index in [9.17, 15) is 13.2 Å². The van der Waals surface area contributed by atoms with Crippen molar-refractivity contribution in [2.24, 2.45) is 0 Å². The maximum Gasteiger partial charge on any atom is 0.246 e. The third-order valence-corrected chi connectivity index (χ3v) is 9.43. The fourth-order valence-corrected chi connectivity index (χ4v) is 7.02. The highest BCUT2D eigenvalue weighted by Crippen LogP contribution is 2.32. The zero-order valence-electron chi connectivity index (χ0n) is 21.7. The van der Waals surface area contributed by atoms with Gasteiger partial charge in [0.25, 0.3) is 0 Å². The zero-order valence-corrected chi connectivity index (χ0v) is 23.3. The first-order chi connectivity index (χ1) is 18.3. The van der Waals surface area contributed by atoms with Crippen molar-refractivity contribution in [3.63, 3.8) is 0 Å². The van der Waals surface area contributed by atoms with Gasteiger partial charge < -0.3 is 10.2 Å². The lowest BCUT2D eigenvalue weighted by Gasteiger charge is -2.26. The Labute approximate surface area is 227 Å². The van der Waals surface area contributed by atoms with Gasteiger partial charge in [0.05, 0.1) is 16.2 Å². The van der Waals surface area contributed by atoms with Gasteiger partial charge in [-0.15, -0.1) is 0 Å². The summed E-state index contributed by atoms with van der Waals surface area (Å²) in [6.07, 6.45) is 2.77. The molecule has 1 fully saturated rings. The third-order valence-electron chi connectivity index (χ3n) is 6.93. The molecular weight excluding hydrogens is 518 g/mol. The van der Waals surface area contributed by atoms with Gasteiger partial charge in [0.2, 0.25) is 5.91 Å². The van der Waals surface area contributed by atoms with Crippen LogP contribution < -0.4 is 5.32 Å². The molecule has 2 N–H and O–H groups in total. The second-order valence-corrected chi connectivity index (χ2v) is 12.9. The first-order valence-electron chi connectivity index (χ1n) is 12.8. The summed E-state index contributed by atoms with van der Waals surface area (Å²) in [6, 6.07) is 14.3. The van der Waals surface area contributed by atoms with Gasteiger partial charge >= 0.3 is 0 Å². The lowest BCUT2D eigenvalue weighted by Crippen LogP contribution is -2.35. The van der Waals surface area contributed by atoms with Gasteiger partial charge in [0.1, 0.15) is 11.7 Å². The van der Waals surface area contributed by atoms with Gasteiger partial charge in [-0.05, 0) is 106 Å². The van der Waals surface area contributed by atoms with Crippen LogP contribution in [0.4, 0.5) is 5.69 Å². The number of aromatic amines is 1. The van der Waals surface area contributed by atoms with Gasteiger partial charge in [-0.3, -0.25) is 14.8 Å². The Kier molecular flexibility index (Phi) is 7.94. The second-order valence-electron chi connectivity index (χ2n) is 10.0. The fourth-order valence-electron chi connectivity index (χ4n) is 5.01. The number of rotatable bonds is 10. The van der Waals surface area contributed by atoms with E-state index in [2.05, 4.69) is 20.4 Å². The van der Waals surface area contributed by atoms with Crippen molar-refractivity contribution in [1.82, 2.24) is 20.0 Å². The summed E-state index contributed by atoms with van der Waals surface area (Å²) in [6.45, 7) is 2.53. The van der Waals surface area contributed by atoms with Crippen LogP contribution in [0.2, 0.25) is 0 Å². The number of fused-ring (bicyclic) bond motifs is 1. The molecule has 0 aliphatic carbocycles. The Morgan fingerprint density at radius 1 is 1.16 bits per heavy atom. The summed E-state index contributed by atoms with van der Waals surface area (Å²) < 4.78 is 25.9. The third kappa shape index (κ3) is 5.83. The fraction of sp³-hybridized carbons (Fsp3) is 0.357. The number of H-pyrrole nitrogens is 1. The van der Waals surface area contributed by atoms with E-state index in [4.69, 9.17) is 0 Å². The number of likely N-dealkylation sites (tertiary alicyclic amines) is 1. The summed E-state index contributed by atoms with van der Waals surface area (Å²) in [5.41, 5.74) is 3.86. The molecular formula is C28H33N5O3S2. The molecule has 200 valence electrons. The van der Waals surface area contributed by atoms with Crippen molar-refractivity contribution in [3.05, 3.63) is 64.9 Å². The van der Waals surface area contributed by atoms with Crippen molar-refractivity contribution in [2.45, 2.75) is 30.2 Å². The molecule has 4 aromatic rings. The quantitative estimate of drug-likeness (QED) is 0.294. The Bertz CT molecular complexity index is 1510. The van der Waals surface area contributed by atoms with E-state index in [-0.39, 0.29) is 17.7 Å². The number of nitrogens with zero attached hydrogens (tertiary/aromatic N) is 3. The SMILES string of the molecule is CN(C)CCCS(=O)(=O)c1cccc(-c2n[nH]c3ccc(NC(=O)C(c4ccsc4)N4CCCC4)cc23)c1. The molecule has 1 amide bonds. The topological polar surface area (TPSA) is 98.4 Å². The van der Waals surface area contributed by atoms with Gasteiger partial charge in [-0.25, -0.2) is 8.42 Å². The summed E-state index contributed by atoms with van der Waals surface area (Å²) in [7, 11) is 0.452. The highest BCUT2D eigenvalue weighted by atomic mass is 32.2. The predicted octanol–water partition coefficient (Wildman–Crippen LogP) is 4.79. The van der Waals surface area contributed by atoms with E-state index in [0.29, 0.717) is 34.8 Å². The van der Waals surface area contributed by atoms with Crippen LogP contribution in [0.25, 0.3) is 22.2 Å². The minimum Gasteiger partial charge on any atom is -0.324 e. The molecule has 0 saturated carbocycles.